The lowest BCUT2D eigenvalue weighted by Crippen LogP contribution is -2.44. The highest BCUT2D eigenvalue weighted by Crippen LogP contribution is 2.30. The molecular formula is C22H37IN4O4. The van der Waals surface area contributed by atoms with E-state index in [9.17, 15) is 4.79 Å². The fraction of sp³-hybridized carbons (Fsp3) is 0.636. The lowest BCUT2D eigenvalue weighted by molar-refractivity contribution is 0.0185. The van der Waals surface area contributed by atoms with Gasteiger partial charge in [0.15, 0.2) is 17.5 Å². The zero-order chi connectivity index (χ0) is 22.1. The zero-order valence-electron chi connectivity index (χ0n) is 19.5. The molecule has 1 aromatic rings. The van der Waals surface area contributed by atoms with Crippen LogP contribution in [0.1, 0.15) is 40.5 Å². The van der Waals surface area contributed by atoms with Gasteiger partial charge in [-0.05, 0) is 58.6 Å². The standard InChI is InChI=1S/C22H36N4O4.HI/c1-7-29-18-9-8-17(14-19(18)28-6)25-20(23-5)24-15-16-10-12-26(13-11-16)21(27)30-22(2,3)4;/h8-9,14,16H,7,10-13,15H2,1-6H3,(H2,23,24,25);1H. The number of hydrogen-bond donors (Lipinski definition) is 2. The Bertz CT molecular complexity index is 729. The average Bonchev–Trinajstić information content (AvgIpc) is 2.71. The van der Waals surface area contributed by atoms with Crippen molar-refractivity contribution < 1.29 is 19.0 Å². The maximum Gasteiger partial charge on any atom is 0.410 e. The van der Waals surface area contributed by atoms with Crippen LogP contribution in [0.15, 0.2) is 23.2 Å². The van der Waals surface area contributed by atoms with Gasteiger partial charge in [0, 0.05) is 38.4 Å². The number of ether oxygens (including phenoxy) is 3. The Labute approximate surface area is 203 Å². The quantitative estimate of drug-likeness (QED) is 0.313. The van der Waals surface area contributed by atoms with Gasteiger partial charge in [-0.3, -0.25) is 4.99 Å². The van der Waals surface area contributed by atoms with Crippen LogP contribution < -0.4 is 20.1 Å². The number of anilines is 1. The van der Waals surface area contributed by atoms with Gasteiger partial charge < -0.3 is 29.7 Å². The summed E-state index contributed by atoms with van der Waals surface area (Å²) in [5.41, 5.74) is 0.403. The lowest BCUT2D eigenvalue weighted by atomic mass is 9.97. The number of aliphatic imine (C=N–C) groups is 1. The van der Waals surface area contributed by atoms with Crippen LogP contribution in [0.5, 0.6) is 11.5 Å². The number of guanidine groups is 1. The molecule has 0 atom stereocenters. The minimum Gasteiger partial charge on any atom is -0.493 e. The van der Waals surface area contributed by atoms with Crippen LogP contribution in [-0.2, 0) is 4.74 Å². The molecule has 2 N–H and O–H groups in total. The molecule has 8 nitrogen and oxygen atoms in total. The molecule has 2 rings (SSSR count). The Morgan fingerprint density at radius 2 is 1.90 bits per heavy atom. The Balaban J connectivity index is 0.00000480. The number of benzene rings is 1. The number of methoxy groups -OCH3 is 1. The van der Waals surface area contributed by atoms with Crippen LogP contribution >= 0.6 is 24.0 Å². The van der Waals surface area contributed by atoms with E-state index >= 15 is 0 Å². The van der Waals surface area contributed by atoms with Crippen LogP contribution in [0.3, 0.4) is 0 Å². The number of halogens is 1. The topological polar surface area (TPSA) is 84.4 Å². The van der Waals surface area contributed by atoms with E-state index in [1.165, 1.54) is 0 Å². The lowest BCUT2D eigenvalue weighted by Gasteiger charge is -2.33. The Kier molecular flexibility index (Phi) is 11.2. The molecule has 1 aromatic carbocycles. The van der Waals surface area contributed by atoms with Gasteiger partial charge >= 0.3 is 6.09 Å². The maximum absolute atomic E-state index is 12.2. The highest BCUT2D eigenvalue weighted by Gasteiger charge is 2.26. The van der Waals surface area contributed by atoms with Crippen molar-refractivity contribution in [2.75, 3.05) is 45.7 Å². The molecule has 1 saturated heterocycles. The molecular weight excluding hydrogens is 511 g/mol. The molecule has 0 unspecified atom stereocenters. The first kappa shape index (κ1) is 27.1. The van der Waals surface area contributed by atoms with Crippen LogP contribution in [0, 0.1) is 5.92 Å². The third-order valence-corrected chi connectivity index (χ3v) is 4.77. The van der Waals surface area contributed by atoms with Gasteiger partial charge in [-0.2, -0.15) is 0 Å². The van der Waals surface area contributed by atoms with Crippen LogP contribution in [0.25, 0.3) is 0 Å². The molecule has 176 valence electrons. The normalized spacial score (nSPS) is 15.0. The summed E-state index contributed by atoms with van der Waals surface area (Å²) >= 11 is 0. The second kappa shape index (κ2) is 12.8. The van der Waals surface area contributed by atoms with E-state index in [0.29, 0.717) is 43.1 Å². The van der Waals surface area contributed by atoms with Crippen molar-refractivity contribution in [2.24, 2.45) is 10.9 Å². The first-order valence-corrected chi connectivity index (χ1v) is 10.5. The summed E-state index contributed by atoms with van der Waals surface area (Å²) in [6, 6.07) is 5.70. The molecule has 0 saturated carbocycles. The van der Waals surface area contributed by atoms with Crippen molar-refractivity contribution in [3.05, 3.63) is 18.2 Å². The number of nitrogens with one attached hydrogen (secondary N) is 2. The number of carbonyl (C=O) groups is 1. The van der Waals surface area contributed by atoms with E-state index < -0.39 is 5.60 Å². The van der Waals surface area contributed by atoms with Crippen molar-refractivity contribution in [3.8, 4) is 11.5 Å². The summed E-state index contributed by atoms with van der Waals surface area (Å²) in [6.07, 6.45) is 1.64. The minimum absolute atomic E-state index is 0. The molecule has 1 heterocycles. The summed E-state index contributed by atoms with van der Waals surface area (Å²) < 4.78 is 16.4. The van der Waals surface area contributed by atoms with Gasteiger partial charge in [-0.15, -0.1) is 24.0 Å². The van der Waals surface area contributed by atoms with Crippen LogP contribution in [0.2, 0.25) is 0 Å². The zero-order valence-corrected chi connectivity index (χ0v) is 21.8. The monoisotopic (exact) mass is 548 g/mol. The molecule has 1 aliphatic heterocycles. The van der Waals surface area contributed by atoms with E-state index in [-0.39, 0.29) is 30.1 Å². The minimum atomic E-state index is -0.461. The van der Waals surface area contributed by atoms with E-state index in [0.717, 1.165) is 25.1 Å². The van der Waals surface area contributed by atoms with Gasteiger partial charge in [0.05, 0.1) is 13.7 Å². The van der Waals surface area contributed by atoms with Gasteiger partial charge in [0.2, 0.25) is 0 Å². The summed E-state index contributed by atoms with van der Waals surface area (Å²) in [7, 11) is 3.37. The molecule has 0 spiro atoms. The van der Waals surface area contributed by atoms with E-state index in [2.05, 4.69) is 15.6 Å². The van der Waals surface area contributed by atoms with Gasteiger partial charge in [-0.25, -0.2) is 4.79 Å². The summed E-state index contributed by atoms with van der Waals surface area (Å²) in [6.45, 7) is 10.4. The first-order chi connectivity index (χ1) is 14.3. The second-order valence-corrected chi connectivity index (χ2v) is 8.29. The Morgan fingerprint density at radius 1 is 1.23 bits per heavy atom. The molecule has 0 aliphatic carbocycles. The number of likely N-dealkylation sites (tertiary alicyclic amines) is 1. The van der Waals surface area contributed by atoms with Gasteiger partial charge in [-0.1, -0.05) is 0 Å². The predicted molar refractivity (Wildman–Crippen MR) is 135 cm³/mol. The molecule has 1 fully saturated rings. The number of carbonyl (C=O) groups excluding carboxylic acids is 1. The van der Waals surface area contributed by atoms with Crippen LogP contribution in [0.4, 0.5) is 10.5 Å². The molecule has 0 aromatic heterocycles. The third kappa shape index (κ3) is 9.00. The number of nitrogens with zero attached hydrogens (tertiary/aromatic N) is 2. The third-order valence-electron chi connectivity index (χ3n) is 4.77. The van der Waals surface area contributed by atoms with Gasteiger partial charge in [0.25, 0.3) is 0 Å². The van der Waals surface area contributed by atoms with Crippen molar-refractivity contribution in [1.82, 2.24) is 10.2 Å². The van der Waals surface area contributed by atoms with Crippen LogP contribution in [-0.4, -0.2) is 63.0 Å². The van der Waals surface area contributed by atoms with Crippen molar-refractivity contribution >= 4 is 41.7 Å². The summed E-state index contributed by atoms with van der Waals surface area (Å²) in [5.74, 6) is 2.55. The van der Waals surface area contributed by atoms with Gasteiger partial charge in [0.1, 0.15) is 5.60 Å². The predicted octanol–water partition coefficient (Wildman–Crippen LogP) is 4.35. The highest BCUT2D eigenvalue weighted by molar-refractivity contribution is 14.0. The summed E-state index contributed by atoms with van der Waals surface area (Å²) in [4.78, 5) is 18.3. The average molecular weight is 548 g/mol. The Hall–Kier alpha value is -1.91. The van der Waals surface area contributed by atoms with E-state index in [4.69, 9.17) is 14.2 Å². The molecule has 9 heteroatoms. The fourth-order valence-electron chi connectivity index (χ4n) is 3.22. The van der Waals surface area contributed by atoms with Crippen molar-refractivity contribution in [2.45, 2.75) is 46.1 Å². The molecule has 1 amide bonds. The maximum atomic E-state index is 12.2. The number of amides is 1. The van der Waals surface area contributed by atoms with E-state index in [1.807, 2.05) is 45.9 Å². The largest absolute Gasteiger partial charge is 0.493 e. The molecule has 0 radical (unpaired) electrons. The number of hydrogen-bond acceptors (Lipinski definition) is 5. The number of piperidine rings is 1. The molecule has 31 heavy (non-hydrogen) atoms. The molecule has 0 bridgehead atoms. The van der Waals surface area contributed by atoms with Crippen molar-refractivity contribution in [3.63, 3.8) is 0 Å². The van der Waals surface area contributed by atoms with E-state index in [1.54, 1.807) is 19.1 Å². The second-order valence-electron chi connectivity index (χ2n) is 8.29. The molecule has 1 aliphatic rings. The SMILES string of the molecule is CCOc1ccc(NC(=NC)NCC2CCN(C(=O)OC(C)(C)C)CC2)cc1OC.I. The Morgan fingerprint density at radius 3 is 2.45 bits per heavy atom. The fourth-order valence-corrected chi connectivity index (χ4v) is 3.22. The summed E-state index contributed by atoms with van der Waals surface area (Å²) in [5, 5.41) is 6.66. The highest BCUT2D eigenvalue weighted by atomic mass is 127. The first-order valence-electron chi connectivity index (χ1n) is 10.5. The number of rotatable bonds is 6. The van der Waals surface area contributed by atoms with Crippen molar-refractivity contribution in [1.29, 1.82) is 0 Å². The smallest absolute Gasteiger partial charge is 0.410 e.